The number of para-hydroxylation sites is 2. The van der Waals surface area contributed by atoms with E-state index in [1.165, 1.54) is 11.1 Å². The number of rotatable bonds is 3. The first-order chi connectivity index (χ1) is 10.9. The molecule has 0 N–H and O–H groups in total. The first-order valence-electron chi connectivity index (χ1n) is 7.45. The lowest BCUT2D eigenvalue weighted by Crippen LogP contribution is -2.11. The van der Waals surface area contributed by atoms with Gasteiger partial charge < -0.3 is 4.57 Å². The summed E-state index contributed by atoms with van der Waals surface area (Å²) in [7, 11) is 0. The van der Waals surface area contributed by atoms with E-state index in [1.54, 1.807) is 0 Å². The second-order valence-electron chi connectivity index (χ2n) is 5.36. The number of hydrogen-bond acceptors (Lipinski definition) is 1. The largest absolute Gasteiger partial charge is 0.319 e. The number of benzene rings is 3. The molecular weight excluding hydrogens is 268 g/mol. The Labute approximate surface area is 129 Å². The van der Waals surface area contributed by atoms with E-state index in [0.29, 0.717) is 0 Å². The predicted molar refractivity (Wildman–Crippen MR) is 89.9 cm³/mol. The molecule has 3 aromatic carbocycles. The summed E-state index contributed by atoms with van der Waals surface area (Å²) in [5, 5.41) is 0. The Kier molecular flexibility index (Phi) is 3.20. The van der Waals surface area contributed by atoms with Crippen molar-refractivity contribution in [2.45, 2.75) is 6.04 Å². The Morgan fingerprint density at radius 1 is 0.636 bits per heavy atom. The minimum Gasteiger partial charge on any atom is -0.319 e. The third kappa shape index (κ3) is 2.19. The van der Waals surface area contributed by atoms with E-state index in [-0.39, 0.29) is 6.04 Å². The summed E-state index contributed by atoms with van der Waals surface area (Å²) in [5.74, 6) is 0. The van der Waals surface area contributed by atoms with Gasteiger partial charge in [0.25, 0.3) is 0 Å². The van der Waals surface area contributed by atoms with Crippen LogP contribution in [0.5, 0.6) is 0 Å². The van der Waals surface area contributed by atoms with Gasteiger partial charge in [-0.05, 0) is 23.3 Å². The van der Waals surface area contributed by atoms with Crippen LogP contribution in [-0.4, -0.2) is 9.55 Å². The first kappa shape index (κ1) is 12.8. The zero-order valence-corrected chi connectivity index (χ0v) is 12.1. The van der Waals surface area contributed by atoms with Crippen LogP contribution in [0, 0.1) is 0 Å². The second kappa shape index (κ2) is 5.49. The Hall–Kier alpha value is -2.87. The van der Waals surface area contributed by atoms with Crippen LogP contribution in [-0.2, 0) is 0 Å². The van der Waals surface area contributed by atoms with E-state index >= 15 is 0 Å². The van der Waals surface area contributed by atoms with Crippen LogP contribution in [0.3, 0.4) is 0 Å². The van der Waals surface area contributed by atoms with E-state index in [9.17, 15) is 0 Å². The maximum atomic E-state index is 4.55. The smallest absolute Gasteiger partial charge is 0.0966 e. The van der Waals surface area contributed by atoms with Gasteiger partial charge in [-0.1, -0.05) is 72.8 Å². The summed E-state index contributed by atoms with van der Waals surface area (Å²) in [6.45, 7) is 0. The molecule has 0 saturated carbocycles. The fourth-order valence-electron chi connectivity index (χ4n) is 2.97. The standard InChI is InChI=1S/C20H16N2/c1-3-9-16(10-4-1)20(17-11-5-2-6-12-17)22-15-21-18-13-7-8-14-19(18)22/h1-15,20H. The molecule has 0 atom stereocenters. The lowest BCUT2D eigenvalue weighted by molar-refractivity contribution is 0.697. The molecule has 0 aliphatic heterocycles. The lowest BCUT2D eigenvalue weighted by Gasteiger charge is -2.20. The highest BCUT2D eigenvalue weighted by molar-refractivity contribution is 5.75. The second-order valence-corrected chi connectivity index (χ2v) is 5.36. The van der Waals surface area contributed by atoms with Crippen molar-refractivity contribution in [3.8, 4) is 0 Å². The molecule has 0 radical (unpaired) electrons. The zero-order valence-electron chi connectivity index (χ0n) is 12.1. The summed E-state index contributed by atoms with van der Waals surface area (Å²) in [5.41, 5.74) is 4.70. The van der Waals surface area contributed by atoms with E-state index in [2.05, 4.69) is 88.4 Å². The summed E-state index contributed by atoms with van der Waals surface area (Å²) in [6, 6.07) is 29.6. The fraction of sp³-hybridized carbons (Fsp3) is 0.0500. The molecule has 0 saturated heterocycles. The van der Waals surface area contributed by atoms with Gasteiger partial charge in [-0.3, -0.25) is 0 Å². The van der Waals surface area contributed by atoms with Gasteiger partial charge in [0.2, 0.25) is 0 Å². The fourth-order valence-corrected chi connectivity index (χ4v) is 2.97. The number of nitrogens with zero attached hydrogens (tertiary/aromatic N) is 2. The zero-order chi connectivity index (χ0) is 14.8. The predicted octanol–water partition coefficient (Wildman–Crippen LogP) is 4.67. The van der Waals surface area contributed by atoms with E-state index in [4.69, 9.17) is 0 Å². The van der Waals surface area contributed by atoms with Crippen LogP contribution in [0.1, 0.15) is 17.2 Å². The molecule has 1 aromatic heterocycles. The van der Waals surface area contributed by atoms with Crippen LogP contribution in [0.4, 0.5) is 0 Å². The molecule has 22 heavy (non-hydrogen) atoms. The molecule has 0 spiro atoms. The highest BCUT2D eigenvalue weighted by Crippen LogP contribution is 2.29. The molecule has 0 fully saturated rings. The first-order valence-corrected chi connectivity index (χ1v) is 7.45. The highest BCUT2D eigenvalue weighted by atomic mass is 15.1. The molecule has 0 bridgehead atoms. The minimum atomic E-state index is 0.134. The van der Waals surface area contributed by atoms with Gasteiger partial charge in [-0.15, -0.1) is 0 Å². The maximum Gasteiger partial charge on any atom is 0.0966 e. The Morgan fingerprint density at radius 3 is 1.82 bits per heavy atom. The third-order valence-electron chi connectivity index (χ3n) is 3.99. The third-order valence-corrected chi connectivity index (χ3v) is 3.99. The quantitative estimate of drug-likeness (QED) is 0.534. The van der Waals surface area contributed by atoms with Crippen molar-refractivity contribution in [3.63, 3.8) is 0 Å². The van der Waals surface area contributed by atoms with Crippen molar-refractivity contribution >= 4 is 11.0 Å². The molecule has 1 heterocycles. The summed E-state index contributed by atoms with van der Waals surface area (Å²) in [4.78, 5) is 4.55. The SMILES string of the molecule is c1ccc(C(c2ccccc2)n2cnc3ccccc32)cc1. The Balaban J connectivity index is 1.95. The number of fused-ring (bicyclic) bond motifs is 1. The van der Waals surface area contributed by atoms with Crippen molar-refractivity contribution in [3.05, 3.63) is 102 Å². The highest BCUT2D eigenvalue weighted by Gasteiger charge is 2.17. The normalized spacial score (nSPS) is 11.1. The summed E-state index contributed by atoms with van der Waals surface area (Å²) < 4.78 is 2.25. The maximum absolute atomic E-state index is 4.55. The molecule has 0 amide bonds. The van der Waals surface area contributed by atoms with E-state index in [0.717, 1.165) is 11.0 Å². The van der Waals surface area contributed by atoms with Crippen molar-refractivity contribution < 1.29 is 0 Å². The topological polar surface area (TPSA) is 17.8 Å². The molecule has 106 valence electrons. The minimum absolute atomic E-state index is 0.134. The van der Waals surface area contributed by atoms with Crippen molar-refractivity contribution in [2.24, 2.45) is 0 Å². The van der Waals surface area contributed by atoms with Crippen LogP contribution >= 0.6 is 0 Å². The van der Waals surface area contributed by atoms with Crippen LogP contribution in [0.25, 0.3) is 11.0 Å². The van der Waals surface area contributed by atoms with E-state index in [1.807, 2.05) is 12.4 Å². The molecule has 2 heteroatoms. The Morgan fingerprint density at radius 2 is 1.18 bits per heavy atom. The van der Waals surface area contributed by atoms with Crippen LogP contribution in [0.2, 0.25) is 0 Å². The summed E-state index contributed by atoms with van der Waals surface area (Å²) >= 11 is 0. The number of imidazole rings is 1. The molecular formula is C20H16N2. The molecule has 4 rings (SSSR count). The van der Waals surface area contributed by atoms with Crippen LogP contribution < -0.4 is 0 Å². The Bertz CT molecular complexity index is 840. The van der Waals surface area contributed by atoms with Gasteiger partial charge in [0, 0.05) is 0 Å². The molecule has 0 aliphatic rings. The monoisotopic (exact) mass is 284 g/mol. The van der Waals surface area contributed by atoms with Gasteiger partial charge in [0.1, 0.15) is 0 Å². The van der Waals surface area contributed by atoms with Crippen molar-refractivity contribution in [1.29, 1.82) is 0 Å². The number of aromatic nitrogens is 2. The van der Waals surface area contributed by atoms with Gasteiger partial charge in [0.15, 0.2) is 0 Å². The average molecular weight is 284 g/mol. The van der Waals surface area contributed by atoms with Crippen molar-refractivity contribution in [1.82, 2.24) is 9.55 Å². The summed E-state index contributed by atoms with van der Waals surface area (Å²) in [6.07, 6.45) is 1.94. The van der Waals surface area contributed by atoms with Gasteiger partial charge in [-0.25, -0.2) is 4.98 Å². The number of hydrogen-bond donors (Lipinski definition) is 0. The molecule has 0 aliphatic carbocycles. The van der Waals surface area contributed by atoms with Gasteiger partial charge in [0.05, 0.1) is 23.4 Å². The van der Waals surface area contributed by atoms with Gasteiger partial charge in [-0.2, -0.15) is 0 Å². The van der Waals surface area contributed by atoms with Gasteiger partial charge >= 0.3 is 0 Å². The lowest BCUT2D eigenvalue weighted by atomic mass is 9.98. The molecule has 2 nitrogen and oxygen atoms in total. The van der Waals surface area contributed by atoms with E-state index < -0.39 is 0 Å². The molecule has 4 aromatic rings. The van der Waals surface area contributed by atoms with Crippen LogP contribution in [0.15, 0.2) is 91.3 Å². The van der Waals surface area contributed by atoms with Crippen molar-refractivity contribution in [2.75, 3.05) is 0 Å². The average Bonchev–Trinajstić information content (AvgIpc) is 3.01. The molecule has 0 unspecified atom stereocenters.